The highest BCUT2D eigenvalue weighted by Crippen LogP contribution is 2.35. The van der Waals surface area contributed by atoms with Crippen molar-refractivity contribution in [3.8, 4) is 0 Å². The van der Waals surface area contributed by atoms with E-state index in [1.807, 2.05) is 14.0 Å². The maximum atomic E-state index is 12.6. The van der Waals surface area contributed by atoms with Gasteiger partial charge in [-0.1, -0.05) is 0 Å². The van der Waals surface area contributed by atoms with Crippen LogP contribution in [0.15, 0.2) is 18.2 Å². The zero-order chi connectivity index (χ0) is 15.8. The van der Waals surface area contributed by atoms with Crippen LogP contribution in [0.3, 0.4) is 0 Å². The molecule has 1 aliphatic rings. The predicted octanol–water partition coefficient (Wildman–Crippen LogP) is 3.12. The summed E-state index contributed by atoms with van der Waals surface area (Å²) < 4.78 is 37.9. The van der Waals surface area contributed by atoms with E-state index in [0.717, 1.165) is 18.6 Å². The molecule has 1 N–H and O–H groups in total. The summed E-state index contributed by atoms with van der Waals surface area (Å²) in [6.07, 6.45) is -3.81. The average molecular weight is 303 g/mol. The lowest BCUT2D eigenvalue weighted by Gasteiger charge is -2.15. The number of alkyl halides is 3. The maximum absolute atomic E-state index is 12.6. The number of hydrogen-bond acceptors (Lipinski definition) is 4. The maximum Gasteiger partial charge on any atom is 0.416 e. The van der Waals surface area contributed by atoms with E-state index in [2.05, 4.69) is 10.2 Å². The summed E-state index contributed by atoms with van der Waals surface area (Å²) in [5.41, 5.74) is -1.44. The molecule has 8 heteroatoms. The highest BCUT2D eigenvalue weighted by Gasteiger charge is 2.34. The summed E-state index contributed by atoms with van der Waals surface area (Å²) >= 11 is 0. The molecular weight excluding hydrogens is 287 g/mol. The third kappa shape index (κ3) is 3.44. The number of halogens is 3. The SMILES string of the molecule is CC1CC(Nc2ccc(C(F)(F)F)cc2[N+](=O)[O-])CN1C. The van der Waals surface area contributed by atoms with E-state index >= 15 is 0 Å². The molecule has 2 unspecified atom stereocenters. The summed E-state index contributed by atoms with van der Waals surface area (Å²) in [6.45, 7) is 2.72. The van der Waals surface area contributed by atoms with Gasteiger partial charge in [0.2, 0.25) is 0 Å². The van der Waals surface area contributed by atoms with Crippen LogP contribution in [0.4, 0.5) is 24.5 Å². The molecule has 1 aliphatic heterocycles. The first-order valence-electron chi connectivity index (χ1n) is 6.51. The van der Waals surface area contributed by atoms with Crippen molar-refractivity contribution in [3.05, 3.63) is 33.9 Å². The number of nitro groups is 1. The Bertz CT molecular complexity index is 538. The topological polar surface area (TPSA) is 58.4 Å². The van der Waals surface area contributed by atoms with Crippen LogP contribution in [0.1, 0.15) is 18.9 Å². The van der Waals surface area contributed by atoms with Crippen LogP contribution >= 0.6 is 0 Å². The van der Waals surface area contributed by atoms with Crippen LogP contribution in [-0.4, -0.2) is 35.5 Å². The zero-order valence-electron chi connectivity index (χ0n) is 11.6. The van der Waals surface area contributed by atoms with Crippen LogP contribution in [0.5, 0.6) is 0 Å². The average Bonchev–Trinajstić information content (AvgIpc) is 2.67. The van der Waals surface area contributed by atoms with Crippen LogP contribution in [0.2, 0.25) is 0 Å². The fraction of sp³-hybridized carbons (Fsp3) is 0.538. The van der Waals surface area contributed by atoms with Gasteiger partial charge in [-0.2, -0.15) is 13.2 Å². The second kappa shape index (κ2) is 5.51. The number of nitrogens with zero attached hydrogens (tertiary/aromatic N) is 2. The molecule has 2 atom stereocenters. The lowest BCUT2D eigenvalue weighted by atomic mass is 10.1. The van der Waals surface area contributed by atoms with Crippen molar-refractivity contribution in [1.82, 2.24) is 4.90 Å². The highest BCUT2D eigenvalue weighted by atomic mass is 19.4. The Morgan fingerprint density at radius 3 is 2.57 bits per heavy atom. The number of nitro benzene ring substituents is 1. The van der Waals surface area contributed by atoms with Crippen molar-refractivity contribution in [2.45, 2.75) is 31.6 Å². The summed E-state index contributed by atoms with van der Waals surface area (Å²) in [6, 6.07) is 2.88. The van der Waals surface area contributed by atoms with Crippen molar-refractivity contribution < 1.29 is 18.1 Å². The fourth-order valence-corrected chi connectivity index (χ4v) is 2.50. The van der Waals surface area contributed by atoms with E-state index < -0.39 is 22.4 Å². The van der Waals surface area contributed by atoms with Gasteiger partial charge in [-0.15, -0.1) is 0 Å². The smallest absolute Gasteiger partial charge is 0.375 e. The minimum absolute atomic E-state index is 0.0135. The number of likely N-dealkylation sites (N-methyl/N-ethyl adjacent to an activating group) is 1. The monoisotopic (exact) mass is 303 g/mol. The normalized spacial score (nSPS) is 23.3. The van der Waals surface area contributed by atoms with Gasteiger partial charge in [0.25, 0.3) is 5.69 Å². The van der Waals surface area contributed by atoms with Gasteiger partial charge in [0.05, 0.1) is 10.5 Å². The second-order valence-corrected chi connectivity index (χ2v) is 5.35. The molecule has 0 aromatic heterocycles. The Balaban J connectivity index is 2.25. The van der Waals surface area contributed by atoms with Gasteiger partial charge in [0.15, 0.2) is 0 Å². The minimum Gasteiger partial charge on any atom is -0.375 e. The van der Waals surface area contributed by atoms with E-state index in [9.17, 15) is 23.3 Å². The Kier molecular flexibility index (Phi) is 4.08. The zero-order valence-corrected chi connectivity index (χ0v) is 11.6. The van der Waals surface area contributed by atoms with E-state index in [4.69, 9.17) is 0 Å². The molecule has 1 fully saturated rings. The molecule has 0 saturated carbocycles. The molecular formula is C13H16F3N3O2. The van der Waals surface area contributed by atoms with E-state index in [0.29, 0.717) is 18.7 Å². The Morgan fingerprint density at radius 2 is 2.10 bits per heavy atom. The molecule has 5 nitrogen and oxygen atoms in total. The third-order valence-electron chi connectivity index (χ3n) is 3.77. The van der Waals surface area contributed by atoms with E-state index in [1.165, 1.54) is 0 Å². The number of nitrogens with one attached hydrogen (secondary N) is 1. The van der Waals surface area contributed by atoms with Crippen LogP contribution in [-0.2, 0) is 6.18 Å². The molecule has 0 bridgehead atoms. The Morgan fingerprint density at radius 1 is 1.43 bits per heavy atom. The van der Waals surface area contributed by atoms with Gasteiger partial charge in [-0.25, -0.2) is 0 Å². The molecule has 0 amide bonds. The summed E-state index contributed by atoms with van der Waals surface area (Å²) in [5.74, 6) is 0. The summed E-state index contributed by atoms with van der Waals surface area (Å²) in [7, 11) is 1.94. The summed E-state index contributed by atoms with van der Waals surface area (Å²) in [5, 5.41) is 14.0. The molecule has 2 rings (SSSR count). The van der Waals surface area contributed by atoms with Gasteiger partial charge >= 0.3 is 6.18 Å². The number of anilines is 1. The highest BCUT2D eigenvalue weighted by molar-refractivity contribution is 5.63. The van der Waals surface area contributed by atoms with Crippen LogP contribution < -0.4 is 5.32 Å². The van der Waals surface area contributed by atoms with Gasteiger partial charge < -0.3 is 10.2 Å². The molecule has 1 aromatic carbocycles. The second-order valence-electron chi connectivity index (χ2n) is 5.35. The number of benzene rings is 1. The number of rotatable bonds is 3. The van der Waals surface area contributed by atoms with E-state index in [-0.39, 0.29) is 11.7 Å². The first-order valence-corrected chi connectivity index (χ1v) is 6.51. The van der Waals surface area contributed by atoms with Crippen LogP contribution in [0.25, 0.3) is 0 Å². The molecule has 1 aromatic rings. The van der Waals surface area contributed by atoms with Gasteiger partial charge in [0.1, 0.15) is 5.69 Å². The molecule has 0 spiro atoms. The molecule has 1 heterocycles. The van der Waals surface area contributed by atoms with Gasteiger partial charge in [0, 0.05) is 24.7 Å². The quantitative estimate of drug-likeness (QED) is 0.688. The Labute approximate surface area is 119 Å². The van der Waals surface area contributed by atoms with E-state index in [1.54, 1.807) is 0 Å². The minimum atomic E-state index is -4.59. The first-order chi connectivity index (χ1) is 9.68. The van der Waals surface area contributed by atoms with Crippen molar-refractivity contribution in [1.29, 1.82) is 0 Å². The largest absolute Gasteiger partial charge is 0.416 e. The first kappa shape index (κ1) is 15.6. The van der Waals surface area contributed by atoms with Crippen molar-refractivity contribution in [3.63, 3.8) is 0 Å². The lowest BCUT2D eigenvalue weighted by molar-refractivity contribution is -0.384. The third-order valence-corrected chi connectivity index (χ3v) is 3.77. The molecule has 1 saturated heterocycles. The lowest BCUT2D eigenvalue weighted by Crippen LogP contribution is -2.25. The number of hydrogen-bond donors (Lipinski definition) is 1. The van der Waals surface area contributed by atoms with Crippen molar-refractivity contribution in [2.75, 3.05) is 18.9 Å². The molecule has 116 valence electrons. The summed E-state index contributed by atoms with van der Waals surface area (Å²) in [4.78, 5) is 12.3. The van der Waals surface area contributed by atoms with Gasteiger partial charge in [-0.3, -0.25) is 10.1 Å². The van der Waals surface area contributed by atoms with Crippen molar-refractivity contribution in [2.24, 2.45) is 0 Å². The standard InChI is InChI=1S/C13H16F3N3O2/c1-8-5-10(7-18(8)2)17-11-4-3-9(13(14,15)16)6-12(11)19(20)21/h3-4,6,8,10,17H,5,7H2,1-2H3. The molecule has 21 heavy (non-hydrogen) atoms. The molecule has 0 aliphatic carbocycles. The molecule has 0 radical (unpaired) electrons. The fourth-order valence-electron chi connectivity index (χ4n) is 2.50. The van der Waals surface area contributed by atoms with Gasteiger partial charge in [-0.05, 0) is 32.5 Å². The van der Waals surface area contributed by atoms with Crippen LogP contribution in [0, 0.1) is 10.1 Å². The Hall–Kier alpha value is -1.83. The van der Waals surface area contributed by atoms with Crippen molar-refractivity contribution >= 4 is 11.4 Å². The predicted molar refractivity (Wildman–Crippen MR) is 72.2 cm³/mol. The number of likely N-dealkylation sites (tertiary alicyclic amines) is 1.